The number of hydrogen-bond donors (Lipinski definition) is 1. The Hall–Kier alpha value is -4.05. The van der Waals surface area contributed by atoms with Gasteiger partial charge in [0.05, 0.1) is 24.8 Å². The van der Waals surface area contributed by atoms with Crippen molar-refractivity contribution in [2.45, 2.75) is 63.9 Å². The number of ether oxygens (including phenoxy) is 2. The van der Waals surface area contributed by atoms with Crippen LogP contribution in [0.15, 0.2) is 77.7 Å². The van der Waals surface area contributed by atoms with Crippen molar-refractivity contribution in [2.75, 3.05) is 31.6 Å². The van der Waals surface area contributed by atoms with Gasteiger partial charge in [0.25, 0.3) is 10.0 Å². The third kappa shape index (κ3) is 8.50. The van der Waals surface area contributed by atoms with E-state index in [1.54, 1.807) is 24.3 Å². The monoisotopic (exact) mass is 609 g/mol. The van der Waals surface area contributed by atoms with Crippen molar-refractivity contribution in [2.24, 2.45) is 0 Å². The van der Waals surface area contributed by atoms with E-state index in [9.17, 15) is 18.0 Å². The fourth-order valence-corrected chi connectivity index (χ4v) is 6.09. The van der Waals surface area contributed by atoms with Crippen molar-refractivity contribution >= 4 is 27.5 Å². The molecule has 0 fully saturated rings. The van der Waals surface area contributed by atoms with Gasteiger partial charge in [0.1, 0.15) is 12.6 Å². The van der Waals surface area contributed by atoms with E-state index in [0.717, 1.165) is 21.9 Å². The van der Waals surface area contributed by atoms with Crippen LogP contribution in [0.2, 0.25) is 0 Å². The maximum absolute atomic E-state index is 14.2. The summed E-state index contributed by atoms with van der Waals surface area (Å²) in [4.78, 5) is 29.1. The summed E-state index contributed by atoms with van der Waals surface area (Å²) in [6.07, 6.45) is 1.60. The van der Waals surface area contributed by atoms with Crippen molar-refractivity contribution < 1.29 is 27.5 Å². The molecule has 10 heteroatoms. The number of nitrogens with zero attached hydrogens (tertiary/aromatic N) is 2. The van der Waals surface area contributed by atoms with Gasteiger partial charge in [-0.15, -0.1) is 0 Å². The standard InChI is InChI=1S/C33H43N3O6S/c1-7-25(4)34-33(38)29(8-2)35(21-20-26-12-10-9-11-13-26)32(37)23-36(27-16-19-30(41-5)31(22-27)42-6)43(39,40)28-17-14-24(3)15-18-28/h9-19,22,25,29H,7-8,20-21,23H2,1-6H3,(H,34,38)/t25-,29-/m0/s1. The van der Waals surface area contributed by atoms with Gasteiger partial charge in [0.2, 0.25) is 11.8 Å². The molecule has 0 aliphatic rings. The van der Waals surface area contributed by atoms with E-state index in [4.69, 9.17) is 9.47 Å². The van der Waals surface area contributed by atoms with E-state index >= 15 is 0 Å². The Morgan fingerprint density at radius 1 is 0.884 bits per heavy atom. The molecule has 232 valence electrons. The van der Waals surface area contributed by atoms with Crippen molar-refractivity contribution in [1.29, 1.82) is 0 Å². The Kier molecular flexibility index (Phi) is 12.0. The summed E-state index contributed by atoms with van der Waals surface area (Å²) in [6, 6.07) is 20.0. The second kappa shape index (κ2) is 15.4. The molecule has 0 saturated carbocycles. The van der Waals surface area contributed by atoms with Gasteiger partial charge >= 0.3 is 0 Å². The zero-order chi connectivity index (χ0) is 31.6. The molecule has 0 aliphatic heterocycles. The lowest BCUT2D eigenvalue weighted by Crippen LogP contribution is -2.54. The molecular weight excluding hydrogens is 566 g/mol. The summed E-state index contributed by atoms with van der Waals surface area (Å²) in [6.45, 7) is 7.31. The molecule has 0 heterocycles. The minimum atomic E-state index is -4.20. The van der Waals surface area contributed by atoms with Crippen LogP contribution in [0.25, 0.3) is 0 Å². The van der Waals surface area contributed by atoms with Gasteiger partial charge in [0.15, 0.2) is 11.5 Å². The predicted molar refractivity (Wildman–Crippen MR) is 169 cm³/mol. The zero-order valence-electron chi connectivity index (χ0n) is 25.9. The van der Waals surface area contributed by atoms with Crippen LogP contribution in [0.5, 0.6) is 11.5 Å². The second-order valence-electron chi connectivity index (χ2n) is 10.4. The van der Waals surface area contributed by atoms with Crippen molar-refractivity contribution in [3.05, 3.63) is 83.9 Å². The Morgan fingerprint density at radius 3 is 2.12 bits per heavy atom. The molecular formula is C33H43N3O6S. The van der Waals surface area contributed by atoms with Crippen molar-refractivity contribution in [1.82, 2.24) is 10.2 Å². The predicted octanol–water partition coefficient (Wildman–Crippen LogP) is 4.97. The van der Waals surface area contributed by atoms with E-state index in [2.05, 4.69) is 5.32 Å². The first-order chi connectivity index (χ1) is 20.5. The topological polar surface area (TPSA) is 105 Å². The quantitative estimate of drug-likeness (QED) is 0.261. The average molecular weight is 610 g/mol. The molecule has 43 heavy (non-hydrogen) atoms. The molecule has 0 spiro atoms. The van der Waals surface area contributed by atoms with Gasteiger partial charge in [-0.3, -0.25) is 13.9 Å². The van der Waals surface area contributed by atoms with Gasteiger partial charge in [-0.05, 0) is 62.9 Å². The fraction of sp³-hybridized carbons (Fsp3) is 0.394. The Bertz CT molecular complexity index is 1460. The number of benzene rings is 3. The average Bonchev–Trinajstić information content (AvgIpc) is 3.01. The highest BCUT2D eigenvalue weighted by molar-refractivity contribution is 7.92. The minimum absolute atomic E-state index is 0.0399. The van der Waals surface area contributed by atoms with Crippen LogP contribution in [0.3, 0.4) is 0 Å². The number of anilines is 1. The van der Waals surface area contributed by atoms with Crippen molar-refractivity contribution in [3.63, 3.8) is 0 Å². The summed E-state index contributed by atoms with van der Waals surface area (Å²) in [5.41, 5.74) is 2.13. The van der Waals surface area contributed by atoms with Gasteiger partial charge in [-0.25, -0.2) is 8.42 Å². The van der Waals surface area contributed by atoms with E-state index in [1.807, 2.05) is 58.0 Å². The van der Waals surface area contributed by atoms with Crippen LogP contribution in [-0.2, 0) is 26.0 Å². The molecule has 2 amide bonds. The van der Waals surface area contributed by atoms with E-state index in [-0.39, 0.29) is 29.1 Å². The lowest BCUT2D eigenvalue weighted by atomic mass is 10.1. The molecule has 9 nitrogen and oxygen atoms in total. The highest BCUT2D eigenvalue weighted by Gasteiger charge is 2.34. The van der Waals surface area contributed by atoms with Crippen LogP contribution in [0, 0.1) is 6.92 Å². The molecule has 3 rings (SSSR count). The molecule has 0 unspecified atom stereocenters. The van der Waals surface area contributed by atoms with Crippen molar-refractivity contribution in [3.8, 4) is 11.5 Å². The summed E-state index contributed by atoms with van der Waals surface area (Å²) >= 11 is 0. The normalized spacial score (nSPS) is 12.6. The number of rotatable bonds is 15. The molecule has 0 aliphatic carbocycles. The molecule has 3 aromatic carbocycles. The highest BCUT2D eigenvalue weighted by atomic mass is 32.2. The number of carbonyl (C=O) groups is 2. The maximum atomic E-state index is 14.2. The van der Waals surface area contributed by atoms with Gasteiger partial charge in [-0.1, -0.05) is 61.9 Å². The minimum Gasteiger partial charge on any atom is -0.493 e. The maximum Gasteiger partial charge on any atom is 0.264 e. The number of aryl methyl sites for hydroxylation is 1. The number of amides is 2. The van der Waals surface area contributed by atoms with Gasteiger partial charge in [0, 0.05) is 18.7 Å². The molecule has 0 radical (unpaired) electrons. The number of hydrogen-bond acceptors (Lipinski definition) is 6. The molecule has 1 N–H and O–H groups in total. The van der Waals surface area contributed by atoms with E-state index in [0.29, 0.717) is 24.3 Å². The molecule has 0 saturated heterocycles. The SMILES string of the molecule is CC[C@H](C)NC(=O)[C@H](CC)N(CCc1ccccc1)C(=O)CN(c1ccc(OC)c(OC)c1)S(=O)(=O)c1ccc(C)cc1. The van der Waals surface area contributed by atoms with E-state index in [1.165, 1.54) is 37.3 Å². The number of sulfonamides is 1. The van der Waals surface area contributed by atoms with Crippen LogP contribution >= 0.6 is 0 Å². The van der Waals surface area contributed by atoms with Crippen LogP contribution in [0.4, 0.5) is 5.69 Å². The van der Waals surface area contributed by atoms with Crippen LogP contribution in [0.1, 0.15) is 44.7 Å². The summed E-state index contributed by atoms with van der Waals surface area (Å²) in [5, 5.41) is 2.99. The smallest absolute Gasteiger partial charge is 0.264 e. The Balaban J connectivity index is 2.07. The largest absolute Gasteiger partial charge is 0.493 e. The number of nitrogens with one attached hydrogen (secondary N) is 1. The molecule has 3 aromatic rings. The lowest BCUT2D eigenvalue weighted by Gasteiger charge is -2.33. The molecule has 2 atom stereocenters. The third-order valence-corrected chi connectivity index (χ3v) is 9.20. The first-order valence-electron chi connectivity index (χ1n) is 14.5. The summed E-state index contributed by atoms with van der Waals surface area (Å²) in [5.74, 6) is -0.0239. The van der Waals surface area contributed by atoms with Crippen LogP contribution in [-0.4, -0.2) is 64.5 Å². The Labute approximate surface area is 255 Å². The molecule has 0 aromatic heterocycles. The van der Waals surface area contributed by atoms with Crippen LogP contribution < -0.4 is 19.1 Å². The second-order valence-corrected chi connectivity index (χ2v) is 12.3. The fourth-order valence-electron chi connectivity index (χ4n) is 4.68. The first kappa shape index (κ1) is 33.5. The summed E-state index contributed by atoms with van der Waals surface area (Å²) < 4.78 is 40.0. The Morgan fingerprint density at radius 2 is 1.53 bits per heavy atom. The summed E-state index contributed by atoms with van der Waals surface area (Å²) in [7, 11) is -1.25. The third-order valence-electron chi connectivity index (χ3n) is 7.41. The number of methoxy groups -OCH3 is 2. The number of carbonyl (C=O) groups excluding carboxylic acids is 2. The molecule has 0 bridgehead atoms. The first-order valence-corrected chi connectivity index (χ1v) is 15.9. The lowest BCUT2D eigenvalue weighted by molar-refractivity contribution is -0.139. The van der Waals surface area contributed by atoms with E-state index < -0.39 is 28.5 Å². The van der Waals surface area contributed by atoms with Gasteiger partial charge in [-0.2, -0.15) is 0 Å². The van der Waals surface area contributed by atoms with Gasteiger partial charge < -0.3 is 19.7 Å². The highest BCUT2D eigenvalue weighted by Crippen LogP contribution is 2.34. The zero-order valence-corrected chi connectivity index (χ0v) is 26.7.